The maximum absolute atomic E-state index is 6.08. The Morgan fingerprint density at radius 3 is 3.21 bits per heavy atom. The molecule has 128 valence electrons. The first-order valence-corrected chi connectivity index (χ1v) is 9.43. The first-order chi connectivity index (χ1) is 11.8. The number of fused-ring (bicyclic) bond motifs is 1. The van der Waals surface area contributed by atoms with Gasteiger partial charge in [-0.1, -0.05) is 0 Å². The van der Waals surface area contributed by atoms with Crippen LogP contribution in [0.25, 0.3) is 0 Å². The molecule has 0 bridgehead atoms. The molecular formula is C17H22N4O2S. The SMILES string of the molecule is Cc1nc2c(c(N[C@@H]3CCOC[C@H]3OCc3cscn3)n1)CCC2. The van der Waals surface area contributed by atoms with Gasteiger partial charge in [0.05, 0.1) is 30.5 Å². The zero-order valence-corrected chi connectivity index (χ0v) is 14.6. The third-order valence-corrected chi connectivity index (χ3v) is 5.24. The molecule has 3 heterocycles. The second kappa shape index (κ2) is 7.13. The smallest absolute Gasteiger partial charge is 0.133 e. The Morgan fingerprint density at radius 1 is 1.38 bits per heavy atom. The van der Waals surface area contributed by atoms with Crippen molar-refractivity contribution in [3.63, 3.8) is 0 Å². The van der Waals surface area contributed by atoms with Crippen molar-refractivity contribution in [2.24, 2.45) is 0 Å². The van der Waals surface area contributed by atoms with Crippen LogP contribution in [0.5, 0.6) is 0 Å². The van der Waals surface area contributed by atoms with Gasteiger partial charge in [0.1, 0.15) is 17.7 Å². The van der Waals surface area contributed by atoms with Gasteiger partial charge >= 0.3 is 0 Å². The molecule has 2 atom stereocenters. The van der Waals surface area contributed by atoms with Gasteiger partial charge in [-0.05, 0) is 32.6 Å². The van der Waals surface area contributed by atoms with Crippen molar-refractivity contribution in [3.8, 4) is 0 Å². The fraction of sp³-hybridized carbons (Fsp3) is 0.588. The van der Waals surface area contributed by atoms with Gasteiger partial charge < -0.3 is 14.8 Å². The van der Waals surface area contributed by atoms with Crippen LogP contribution in [-0.2, 0) is 28.9 Å². The number of aryl methyl sites for hydroxylation is 2. The van der Waals surface area contributed by atoms with Gasteiger partial charge in [-0.3, -0.25) is 0 Å². The van der Waals surface area contributed by atoms with Crippen LogP contribution >= 0.6 is 11.3 Å². The Kier molecular flexibility index (Phi) is 4.73. The predicted octanol–water partition coefficient (Wildman–Crippen LogP) is 2.52. The summed E-state index contributed by atoms with van der Waals surface area (Å²) in [4.78, 5) is 13.5. The molecule has 1 aliphatic heterocycles. The van der Waals surface area contributed by atoms with Crippen molar-refractivity contribution >= 4 is 17.2 Å². The van der Waals surface area contributed by atoms with Crippen LogP contribution in [0.1, 0.15) is 35.6 Å². The Bertz CT molecular complexity index is 692. The monoisotopic (exact) mass is 346 g/mol. The third kappa shape index (κ3) is 3.43. The normalized spacial score (nSPS) is 23.2. The molecule has 0 radical (unpaired) electrons. The maximum atomic E-state index is 6.08. The molecule has 2 aromatic heterocycles. The highest BCUT2D eigenvalue weighted by Crippen LogP contribution is 2.28. The summed E-state index contributed by atoms with van der Waals surface area (Å²) in [5, 5.41) is 5.65. The van der Waals surface area contributed by atoms with Gasteiger partial charge in [-0.15, -0.1) is 11.3 Å². The number of anilines is 1. The van der Waals surface area contributed by atoms with Crippen molar-refractivity contribution in [3.05, 3.63) is 33.7 Å². The largest absolute Gasteiger partial charge is 0.379 e. The van der Waals surface area contributed by atoms with E-state index in [0.29, 0.717) is 13.2 Å². The van der Waals surface area contributed by atoms with Crippen LogP contribution in [0.4, 0.5) is 5.82 Å². The Morgan fingerprint density at radius 2 is 2.33 bits per heavy atom. The standard InChI is InChI=1S/C17H22N4O2S/c1-11-19-14-4-2-3-13(14)17(20-11)21-15-5-6-22-8-16(15)23-7-12-9-24-10-18-12/h9-10,15-16H,2-8H2,1H3,(H,19,20,21)/t15-,16-/m1/s1. The fourth-order valence-electron chi connectivity index (χ4n) is 3.39. The van der Waals surface area contributed by atoms with E-state index in [1.54, 1.807) is 11.3 Å². The number of nitrogens with one attached hydrogen (secondary N) is 1. The number of rotatable bonds is 5. The van der Waals surface area contributed by atoms with E-state index in [9.17, 15) is 0 Å². The molecule has 7 heteroatoms. The number of hydrogen-bond donors (Lipinski definition) is 1. The Labute approximate surface area is 145 Å². The predicted molar refractivity (Wildman–Crippen MR) is 92.3 cm³/mol. The summed E-state index contributed by atoms with van der Waals surface area (Å²) in [6.07, 6.45) is 4.21. The molecule has 4 rings (SSSR count). The topological polar surface area (TPSA) is 69.2 Å². The fourth-order valence-corrected chi connectivity index (χ4v) is 3.94. The number of ether oxygens (including phenoxy) is 2. The highest BCUT2D eigenvalue weighted by molar-refractivity contribution is 7.07. The second-order valence-corrected chi connectivity index (χ2v) is 7.06. The Hall–Kier alpha value is -1.57. The van der Waals surface area contributed by atoms with E-state index in [1.807, 2.05) is 17.8 Å². The average molecular weight is 346 g/mol. The van der Waals surface area contributed by atoms with E-state index < -0.39 is 0 Å². The minimum Gasteiger partial charge on any atom is -0.379 e. The van der Waals surface area contributed by atoms with E-state index in [1.165, 1.54) is 17.7 Å². The summed E-state index contributed by atoms with van der Waals surface area (Å²) < 4.78 is 11.7. The minimum atomic E-state index is 0.00720. The van der Waals surface area contributed by atoms with Gasteiger partial charge in [-0.2, -0.15) is 0 Å². The van der Waals surface area contributed by atoms with Gasteiger partial charge in [0.15, 0.2) is 0 Å². The number of hydrogen-bond acceptors (Lipinski definition) is 7. The molecule has 1 saturated heterocycles. The van der Waals surface area contributed by atoms with Crippen LogP contribution in [0.3, 0.4) is 0 Å². The van der Waals surface area contributed by atoms with Crippen molar-refractivity contribution < 1.29 is 9.47 Å². The lowest BCUT2D eigenvalue weighted by molar-refractivity contribution is -0.0644. The maximum Gasteiger partial charge on any atom is 0.133 e. The molecular weight excluding hydrogens is 324 g/mol. The number of nitrogens with zero attached hydrogens (tertiary/aromatic N) is 3. The van der Waals surface area contributed by atoms with Crippen molar-refractivity contribution in [2.45, 2.75) is 51.4 Å². The van der Waals surface area contributed by atoms with Crippen molar-refractivity contribution in [1.82, 2.24) is 15.0 Å². The summed E-state index contributed by atoms with van der Waals surface area (Å²) in [5.41, 5.74) is 5.30. The van der Waals surface area contributed by atoms with Crippen LogP contribution in [-0.4, -0.2) is 40.3 Å². The van der Waals surface area contributed by atoms with Crippen molar-refractivity contribution in [1.29, 1.82) is 0 Å². The molecule has 6 nitrogen and oxygen atoms in total. The van der Waals surface area contributed by atoms with Gasteiger partial charge in [0, 0.05) is 23.2 Å². The zero-order chi connectivity index (χ0) is 16.4. The van der Waals surface area contributed by atoms with E-state index in [0.717, 1.165) is 43.2 Å². The molecule has 1 N–H and O–H groups in total. The molecule has 0 unspecified atom stereocenters. The minimum absolute atomic E-state index is 0.00720. The van der Waals surface area contributed by atoms with E-state index in [-0.39, 0.29) is 12.1 Å². The quantitative estimate of drug-likeness (QED) is 0.897. The molecule has 2 aromatic rings. The summed E-state index contributed by atoms with van der Waals surface area (Å²) in [6, 6.07) is 0.205. The molecule has 1 aliphatic carbocycles. The third-order valence-electron chi connectivity index (χ3n) is 4.60. The second-order valence-electron chi connectivity index (χ2n) is 6.34. The lowest BCUT2D eigenvalue weighted by Crippen LogP contribution is -2.44. The van der Waals surface area contributed by atoms with Crippen molar-refractivity contribution in [2.75, 3.05) is 18.5 Å². The molecule has 2 aliphatic rings. The highest BCUT2D eigenvalue weighted by atomic mass is 32.1. The number of thiazole rings is 1. The Balaban J connectivity index is 1.47. The van der Waals surface area contributed by atoms with Gasteiger partial charge in [0.25, 0.3) is 0 Å². The molecule has 24 heavy (non-hydrogen) atoms. The van der Waals surface area contributed by atoms with Gasteiger partial charge in [-0.25, -0.2) is 15.0 Å². The summed E-state index contributed by atoms with van der Waals surface area (Å²) >= 11 is 1.59. The summed E-state index contributed by atoms with van der Waals surface area (Å²) in [5.74, 6) is 1.83. The van der Waals surface area contributed by atoms with E-state index in [4.69, 9.17) is 9.47 Å². The summed E-state index contributed by atoms with van der Waals surface area (Å²) in [6.45, 7) is 3.84. The molecule has 0 aromatic carbocycles. The van der Waals surface area contributed by atoms with Crippen LogP contribution in [0.15, 0.2) is 10.9 Å². The molecule has 0 spiro atoms. The van der Waals surface area contributed by atoms with E-state index >= 15 is 0 Å². The molecule has 0 amide bonds. The van der Waals surface area contributed by atoms with Crippen LogP contribution in [0.2, 0.25) is 0 Å². The molecule has 1 fully saturated rings. The summed E-state index contributed by atoms with van der Waals surface area (Å²) in [7, 11) is 0. The first-order valence-electron chi connectivity index (χ1n) is 8.49. The van der Waals surface area contributed by atoms with E-state index in [2.05, 4.69) is 20.3 Å². The lowest BCUT2D eigenvalue weighted by atomic mass is 10.1. The number of aromatic nitrogens is 3. The van der Waals surface area contributed by atoms with Gasteiger partial charge in [0.2, 0.25) is 0 Å². The zero-order valence-electron chi connectivity index (χ0n) is 13.8. The lowest BCUT2D eigenvalue weighted by Gasteiger charge is -2.32. The van der Waals surface area contributed by atoms with Crippen LogP contribution in [0, 0.1) is 6.92 Å². The average Bonchev–Trinajstić information content (AvgIpc) is 3.25. The van der Waals surface area contributed by atoms with Crippen LogP contribution < -0.4 is 5.32 Å². The first kappa shape index (κ1) is 15.9. The molecule has 0 saturated carbocycles. The highest BCUT2D eigenvalue weighted by Gasteiger charge is 2.29.